The van der Waals surface area contributed by atoms with Crippen molar-refractivity contribution in [3.8, 4) is 22.1 Å². The van der Waals surface area contributed by atoms with Crippen LogP contribution in [0.4, 0.5) is 0 Å². The first-order valence-corrected chi connectivity index (χ1v) is 8.77. The number of fused-ring (bicyclic) bond motifs is 1. The molecule has 1 aliphatic carbocycles. The number of thiazole rings is 1. The highest BCUT2D eigenvalue weighted by Gasteiger charge is 2.39. The van der Waals surface area contributed by atoms with E-state index in [1.807, 2.05) is 18.2 Å². The van der Waals surface area contributed by atoms with Crippen molar-refractivity contribution in [2.75, 3.05) is 6.79 Å². The van der Waals surface area contributed by atoms with Gasteiger partial charge in [0, 0.05) is 11.6 Å². The molecule has 7 nitrogen and oxygen atoms in total. The molecule has 1 saturated carbocycles. The second kappa shape index (κ2) is 6.03. The molecule has 0 saturated heterocycles. The van der Waals surface area contributed by atoms with Crippen LogP contribution >= 0.6 is 11.3 Å². The molecule has 1 aromatic carbocycles. The summed E-state index contributed by atoms with van der Waals surface area (Å²) in [7, 11) is 0. The van der Waals surface area contributed by atoms with Gasteiger partial charge in [0.25, 0.3) is 5.91 Å². The number of carbonyl (C=O) groups excluding carboxylic acids is 1. The number of aromatic nitrogens is 1. The van der Waals surface area contributed by atoms with Crippen LogP contribution in [0.5, 0.6) is 11.5 Å². The summed E-state index contributed by atoms with van der Waals surface area (Å²) in [4.78, 5) is 30.3. The van der Waals surface area contributed by atoms with Crippen LogP contribution in [0, 0.1) is 0 Å². The largest absolute Gasteiger partial charge is 0.480 e. The molecule has 2 heterocycles. The number of hydrogen-bond donors (Lipinski definition) is 1. The summed E-state index contributed by atoms with van der Waals surface area (Å²) < 4.78 is 10.7. The average Bonchev–Trinajstić information content (AvgIpc) is 3.13. The molecule has 4 rings (SSSR count). The van der Waals surface area contributed by atoms with Gasteiger partial charge in [0.15, 0.2) is 11.5 Å². The Morgan fingerprint density at radius 1 is 1.32 bits per heavy atom. The van der Waals surface area contributed by atoms with Crippen molar-refractivity contribution in [2.24, 2.45) is 0 Å². The predicted octanol–water partition coefficient (Wildman–Crippen LogP) is 2.62. The number of carboxylic acids is 1. The second-order valence-corrected chi connectivity index (χ2v) is 7.09. The van der Waals surface area contributed by atoms with Gasteiger partial charge in [-0.05, 0) is 38.0 Å². The van der Waals surface area contributed by atoms with E-state index in [0.29, 0.717) is 21.4 Å². The molecular formula is C17H16N2O5S. The first kappa shape index (κ1) is 15.9. The molecule has 1 N–H and O–H groups in total. The van der Waals surface area contributed by atoms with Gasteiger partial charge in [-0.2, -0.15) is 0 Å². The third kappa shape index (κ3) is 2.93. The lowest BCUT2D eigenvalue weighted by Crippen LogP contribution is -2.44. The van der Waals surface area contributed by atoms with E-state index in [9.17, 15) is 14.7 Å². The topological polar surface area (TPSA) is 89.0 Å². The smallest absolute Gasteiger partial charge is 0.326 e. The number of benzene rings is 1. The fourth-order valence-corrected chi connectivity index (χ4v) is 3.65. The lowest BCUT2D eigenvalue weighted by molar-refractivity contribution is -0.141. The highest BCUT2D eigenvalue weighted by molar-refractivity contribution is 7.16. The minimum atomic E-state index is -0.999. The van der Waals surface area contributed by atoms with Crippen LogP contribution in [0.15, 0.2) is 24.4 Å². The monoisotopic (exact) mass is 360 g/mol. The highest BCUT2D eigenvalue weighted by Crippen LogP contribution is 2.38. The molecule has 0 radical (unpaired) electrons. The number of aliphatic carboxylic acids is 1. The first-order valence-electron chi connectivity index (χ1n) is 7.96. The molecule has 2 aliphatic rings. The zero-order valence-electron chi connectivity index (χ0n) is 13.5. The summed E-state index contributed by atoms with van der Waals surface area (Å²) in [5.74, 6) is 0.0640. The van der Waals surface area contributed by atoms with Gasteiger partial charge in [0.2, 0.25) is 6.79 Å². The van der Waals surface area contributed by atoms with Gasteiger partial charge in [-0.25, -0.2) is 9.78 Å². The van der Waals surface area contributed by atoms with Crippen molar-refractivity contribution in [1.29, 1.82) is 0 Å². The quantitative estimate of drug-likeness (QED) is 0.882. The van der Waals surface area contributed by atoms with Crippen LogP contribution in [0.1, 0.15) is 29.4 Å². The van der Waals surface area contributed by atoms with Crippen LogP contribution in [0.3, 0.4) is 0 Å². The average molecular weight is 360 g/mol. The Bertz CT molecular complexity index is 845. The second-order valence-electron chi connectivity index (χ2n) is 6.06. The lowest BCUT2D eigenvalue weighted by Gasteiger charge is -2.25. The predicted molar refractivity (Wildman–Crippen MR) is 90.0 cm³/mol. The Labute approximate surface area is 147 Å². The van der Waals surface area contributed by atoms with Gasteiger partial charge >= 0.3 is 5.97 Å². The van der Waals surface area contributed by atoms with E-state index in [0.717, 1.165) is 18.4 Å². The number of amides is 1. The number of ether oxygens (including phenoxy) is 2. The van der Waals surface area contributed by atoms with Crippen molar-refractivity contribution in [3.05, 3.63) is 29.3 Å². The Hall–Kier alpha value is -2.61. The van der Waals surface area contributed by atoms with Gasteiger partial charge in [0.05, 0.1) is 6.20 Å². The van der Waals surface area contributed by atoms with E-state index in [-0.39, 0.29) is 18.7 Å². The van der Waals surface area contributed by atoms with E-state index in [1.165, 1.54) is 22.4 Å². The van der Waals surface area contributed by atoms with E-state index in [2.05, 4.69) is 4.98 Å². The van der Waals surface area contributed by atoms with Crippen LogP contribution in [-0.4, -0.2) is 45.7 Å². The lowest BCUT2D eigenvalue weighted by atomic mass is 10.2. The van der Waals surface area contributed by atoms with Crippen molar-refractivity contribution in [2.45, 2.75) is 31.8 Å². The third-order valence-corrected chi connectivity index (χ3v) is 5.32. The van der Waals surface area contributed by atoms with E-state index < -0.39 is 12.0 Å². The maximum Gasteiger partial charge on any atom is 0.326 e. The van der Waals surface area contributed by atoms with Crippen molar-refractivity contribution in [3.63, 3.8) is 0 Å². The van der Waals surface area contributed by atoms with Gasteiger partial charge < -0.3 is 19.5 Å². The zero-order valence-corrected chi connectivity index (χ0v) is 14.3. The fourth-order valence-electron chi connectivity index (χ4n) is 2.79. The summed E-state index contributed by atoms with van der Waals surface area (Å²) >= 11 is 1.25. The Morgan fingerprint density at radius 2 is 2.08 bits per heavy atom. The molecule has 1 amide bonds. The molecule has 25 heavy (non-hydrogen) atoms. The maximum atomic E-state index is 12.8. The van der Waals surface area contributed by atoms with Crippen molar-refractivity contribution < 1.29 is 24.2 Å². The molecule has 0 spiro atoms. The van der Waals surface area contributed by atoms with Crippen LogP contribution < -0.4 is 9.47 Å². The summed E-state index contributed by atoms with van der Waals surface area (Å²) in [5, 5.41) is 9.95. The summed E-state index contributed by atoms with van der Waals surface area (Å²) in [5.41, 5.74) is 0.831. The molecule has 1 aromatic heterocycles. The van der Waals surface area contributed by atoms with E-state index in [1.54, 1.807) is 6.92 Å². The SMILES string of the molecule is CC(C(=O)O)N(C(=O)c1cnc(-c2ccc3c(c2)OCO3)s1)C1CC1. The zero-order chi connectivity index (χ0) is 17.6. The summed E-state index contributed by atoms with van der Waals surface area (Å²) in [6.07, 6.45) is 3.20. The van der Waals surface area contributed by atoms with Gasteiger partial charge in [-0.1, -0.05) is 0 Å². The first-order chi connectivity index (χ1) is 12.0. The van der Waals surface area contributed by atoms with E-state index in [4.69, 9.17) is 9.47 Å². The molecule has 1 aliphatic heterocycles. The molecule has 130 valence electrons. The molecule has 0 bridgehead atoms. The standard InChI is InChI=1S/C17H16N2O5S/c1-9(17(21)22)19(11-3-4-11)16(20)14-7-18-15(25-14)10-2-5-12-13(6-10)24-8-23-12/h2,5-7,9,11H,3-4,8H2,1H3,(H,21,22). The Balaban J connectivity index is 1.60. The third-order valence-electron chi connectivity index (χ3n) is 4.29. The molecule has 1 fully saturated rings. The number of nitrogens with zero attached hydrogens (tertiary/aromatic N) is 2. The number of carbonyl (C=O) groups is 2. The highest BCUT2D eigenvalue weighted by atomic mass is 32.1. The van der Waals surface area contributed by atoms with E-state index >= 15 is 0 Å². The minimum Gasteiger partial charge on any atom is -0.480 e. The molecule has 8 heteroatoms. The molecule has 1 atom stereocenters. The fraction of sp³-hybridized carbons (Fsp3) is 0.353. The van der Waals surface area contributed by atoms with Crippen molar-refractivity contribution in [1.82, 2.24) is 9.88 Å². The molecule has 2 aromatic rings. The minimum absolute atomic E-state index is 0.00898. The number of carboxylic acid groups (broad SMARTS) is 1. The molecule has 1 unspecified atom stereocenters. The van der Waals surface area contributed by atoms with Gasteiger partial charge in [0.1, 0.15) is 15.9 Å². The van der Waals surface area contributed by atoms with Crippen molar-refractivity contribution >= 4 is 23.2 Å². The van der Waals surface area contributed by atoms with Gasteiger partial charge in [-0.15, -0.1) is 11.3 Å². The maximum absolute atomic E-state index is 12.8. The molecular weight excluding hydrogens is 344 g/mol. The van der Waals surface area contributed by atoms with Crippen LogP contribution in [0.2, 0.25) is 0 Å². The van der Waals surface area contributed by atoms with Crippen LogP contribution in [-0.2, 0) is 4.79 Å². The Kier molecular flexibility index (Phi) is 3.84. The number of rotatable bonds is 5. The summed E-state index contributed by atoms with van der Waals surface area (Å²) in [6.45, 7) is 1.74. The number of hydrogen-bond acceptors (Lipinski definition) is 6. The summed E-state index contributed by atoms with van der Waals surface area (Å²) in [6, 6.07) is 4.65. The normalized spacial score (nSPS) is 16.5. The van der Waals surface area contributed by atoms with Crippen LogP contribution in [0.25, 0.3) is 10.6 Å². The Morgan fingerprint density at radius 3 is 2.80 bits per heavy atom. The van der Waals surface area contributed by atoms with Gasteiger partial charge in [-0.3, -0.25) is 4.79 Å².